The van der Waals surface area contributed by atoms with Crippen molar-refractivity contribution in [1.29, 1.82) is 0 Å². The van der Waals surface area contributed by atoms with Crippen molar-refractivity contribution in [2.45, 2.75) is 11.8 Å². The molecule has 0 aromatic heterocycles. The molecule has 4 amide bonds. The highest BCUT2D eigenvalue weighted by Crippen LogP contribution is 2.23. The quantitative estimate of drug-likeness (QED) is 0.137. The number of hydrogen-bond donors (Lipinski definition) is 4. The minimum atomic E-state index is -0.578. The summed E-state index contributed by atoms with van der Waals surface area (Å²) in [6.45, 7) is 1.42. The van der Waals surface area contributed by atoms with Crippen molar-refractivity contribution in [1.82, 2.24) is 5.32 Å². The van der Waals surface area contributed by atoms with Crippen LogP contribution in [0.25, 0.3) is 6.08 Å². The molecular formula is C32H27FN4O4S. The molecule has 0 saturated heterocycles. The summed E-state index contributed by atoms with van der Waals surface area (Å²) in [6, 6.07) is 27.7. The fraction of sp³-hybridized carbons (Fsp3) is 0.0625. The molecule has 212 valence electrons. The molecule has 4 rings (SSSR count). The smallest absolute Gasteiger partial charge is 0.272 e. The normalized spacial score (nSPS) is 10.9. The van der Waals surface area contributed by atoms with Gasteiger partial charge in [0, 0.05) is 34.4 Å². The Morgan fingerprint density at radius 1 is 0.738 bits per heavy atom. The Labute approximate surface area is 246 Å². The number of hydrogen-bond acceptors (Lipinski definition) is 5. The van der Waals surface area contributed by atoms with E-state index in [4.69, 9.17) is 0 Å². The molecular weight excluding hydrogens is 555 g/mol. The van der Waals surface area contributed by atoms with Crippen molar-refractivity contribution < 1.29 is 23.6 Å². The van der Waals surface area contributed by atoms with Crippen molar-refractivity contribution in [3.8, 4) is 0 Å². The summed E-state index contributed by atoms with van der Waals surface area (Å²) < 4.78 is 13.4. The first-order valence-corrected chi connectivity index (χ1v) is 13.8. The van der Waals surface area contributed by atoms with Gasteiger partial charge < -0.3 is 21.3 Å². The summed E-state index contributed by atoms with van der Waals surface area (Å²) in [7, 11) is 0. The second-order valence-corrected chi connectivity index (χ2v) is 10.1. The first kappa shape index (κ1) is 29.8. The molecule has 8 nitrogen and oxygen atoms in total. The molecule has 4 N–H and O–H groups in total. The van der Waals surface area contributed by atoms with E-state index in [9.17, 15) is 23.6 Å². The van der Waals surface area contributed by atoms with Crippen LogP contribution in [0.4, 0.5) is 21.5 Å². The van der Waals surface area contributed by atoms with Gasteiger partial charge in [-0.1, -0.05) is 36.4 Å². The number of nitrogens with one attached hydrogen (secondary N) is 4. The lowest BCUT2D eigenvalue weighted by molar-refractivity contribution is -0.114. The van der Waals surface area contributed by atoms with Crippen molar-refractivity contribution >= 4 is 58.5 Å². The van der Waals surface area contributed by atoms with E-state index in [-0.39, 0.29) is 23.3 Å². The summed E-state index contributed by atoms with van der Waals surface area (Å²) in [5, 5.41) is 10.9. The van der Waals surface area contributed by atoms with Gasteiger partial charge in [0.25, 0.3) is 11.8 Å². The highest BCUT2D eigenvalue weighted by molar-refractivity contribution is 8.00. The Bertz CT molecular complexity index is 1610. The average molecular weight is 583 g/mol. The van der Waals surface area contributed by atoms with Crippen molar-refractivity contribution in [2.24, 2.45) is 0 Å². The summed E-state index contributed by atoms with van der Waals surface area (Å²) in [4.78, 5) is 50.4. The van der Waals surface area contributed by atoms with Gasteiger partial charge in [-0.25, -0.2) is 4.39 Å². The Morgan fingerprint density at radius 3 is 2.07 bits per heavy atom. The molecule has 42 heavy (non-hydrogen) atoms. The maximum Gasteiger partial charge on any atom is 0.272 e. The standard InChI is InChI=1S/C32H27FN4O4S/c1-21(38)34-25-14-16-26(17-15-25)35-30(39)20-42-28-9-5-8-27(19-28)36-32(41)29(18-22-10-12-24(33)13-11-22)37-31(40)23-6-3-2-4-7-23/h2-19H,20H2,1H3,(H,34,38)(H,35,39)(H,36,41)(H,37,40)/b29-18-. The van der Waals surface area contributed by atoms with Gasteiger partial charge in [-0.15, -0.1) is 11.8 Å². The molecule has 0 spiro atoms. The van der Waals surface area contributed by atoms with E-state index in [0.717, 1.165) is 4.90 Å². The molecule has 0 bridgehead atoms. The Morgan fingerprint density at radius 2 is 1.40 bits per heavy atom. The number of benzene rings is 4. The maximum absolute atomic E-state index is 13.4. The van der Waals surface area contributed by atoms with Crippen LogP contribution in [0, 0.1) is 5.82 Å². The van der Waals surface area contributed by atoms with Gasteiger partial charge in [-0.2, -0.15) is 0 Å². The zero-order chi connectivity index (χ0) is 29.9. The van der Waals surface area contributed by atoms with Gasteiger partial charge in [-0.3, -0.25) is 19.2 Å². The van der Waals surface area contributed by atoms with Crippen LogP contribution >= 0.6 is 11.8 Å². The Kier molecular flexibility index (Phi) is 10.2. The van der Waals surface area contributed by atoms with Gasteiger partial charge >= 0.3 is 0 Å². The lowest BCUT2D eigenvalue weighted by atomic mass is 10.1. The number of rotatable bonds is 10. The average Bonchev–Trinajstić information content (AvgIpc) is 2.98. The van der Waals surface area contributed by atoms with E-state index < -0.39 is 17.6 Å². The minimum absolute atomic E-state index is 0.0302. The van der Waals surface area contributed by atoms with Crippen molar-refractivity contribution in [3.05, 3.63) is 126 Å². The zero-order valence-electron chi connectivity index (χ0n) is 22.5. The molecule has 0 atom stereocenters. The van der Waals surface area contributed by atoms with Crippen LogP contribution in [-0.4, -0.2) is 29.4 Å². The van der Waals surface area contributed by atoms with Crippen LogP contribution in [0.3, 0.4) is 0 Å². The second kappa shape index (κ2) is 14.4. The van der Waals surface area contributed by atoms with E-state index in [1.807, 2.05) is 6.07 Å². The fourth-order valence-electron chi connectivity index (χ4n) is 3.72. The van der Waals surface area contributed by atoms with Gasteiger partial charge in [0.05, 0.1) is 5.75 Å². The summed E-state index contributed by atoms with van der Waals surface area (Å²) >= 11 is 1.28. The van der Waals surface area contributed by atoms with Crippen LogP contribution < -0.4 is 21.3 Å². The number of halogens is 1. The van der Waals surface area contributed by atoms with E-state index in [1.54, 1.807) is 72.8 Å². The number of amides is 4. The second-order valence-electron chi connectivity index (χ2n) is 9.01. The SMILES string of the molecule is CC(=O)Nc1ccc(NC(=O)CSc2cccc(NC(=O)/C(=C/c3ccc(F)cc3)NC(=O)c3ccccc3)c2)cc1. The molecule has 0 aliphatic rings. The van der Waals surface area contributed by atoms with Crippen LogP contribution in [0.2, 0.25) is 0 Å². The number of anilines is 3. The van der Waals surface area contributed by atoms with Crippen LogP contribution in [-0.2, 0) is 14.4 Å². The molecule has 0 aliphatic heterocycles. The summed E-state index contributed by atoms with van der Waals surface area (Å²) in [5.41, 5.74) is 2.54. The van der Waals surface area contributed by atoms with Gasteiger partial charge in [0.2, 0.25) is 11.8 Å². The summed E-state index contributed by atoms with van der Waals surface area (Å²) in [6.07, 6.45) is 1.46. The number of thioether (sulfide) groups is 1. The van der Waals surface area contributed by atoms with E-state index in [2.05, 4.69) is 21.3 Å². The van der Waals surface area contributed by atoms with Gasteiger partial charge in [-0.05, 0) is 78.4 Å². The van der Waals surface area contributed by atoms with E-state index in [0.29, 0.717) is 28.2 Å². The van der Waals surface area contributed by atoms with Crippen LogP contribution in [0.5, 0.6) is 0 Å². The van der Waals surface area contributed by atoms with Crippen LogP contribution in [0.15, 0.2) is 114 Å². The monoisotopic (exact) mass is 582 g/mol. The molecule has 0 saturated carbocycles. The van der Waals surface area contributed by atoms with Crippen molar-refractivity contribution in [3.63, 3.8) is 0 Å². The third-order valence-corrected chi connectivity index (χ3v) is 6.65. The lowest BCUT2D eigenvalue weighted by Crippen LogP contribution is -2.30. The molecule has 4 aromatic carbocycles. The highest BCUT2D eigenvalue weighted by atomic mass is 32.2. The minimum Gasteiger partial charge on any atom is -0.326 e. The third kappa shape index (κ3) is 9.17. The van der Waals surface area contributed by atoms with Gasteiger partial charge in [0.15, 0.2) is 0 Å². The Hall–Kier alpha value is -5.22. The number of carbonyl (C=O) groups is 4. The molecule has 0 heterocycles. The molecule has 0 aliphatic carbocycles. The van der Waals surface area contributed by atoms with Crippen LogP contribution in [0.1, 0.15) is 22.8 Å². The van der Waals surface area contributed by atoms with Crippen molar-refractivity contribution in [2.75, 3.05) is 21.7 Å². The molecule has 0 radical (unpaired) electrons. The predicted molar refractivity (Wildman–Crippen MR) is 163 cm³/mol. The van der Waals surface area contributed by atoms with Gasteiger partial charge in [0.1, 0.15) is 11.5 Å². The first-order chi connectivity index (χ1) is 20.2. The molecule has 10 heteroatoms. The molecule has 4 aromatic rings. The first-order valence-electron chi connectivity index (χ1n) is 12.8. The Balaban J connectivity index is 1.40. The topological polar surface area (TPSA) is 116 Å². The third-order valence-electron chi connectivity index (χ3n) is 5.66. The fourth-order valence-corrected chi connectivity index (χ4v) is 4.47. The predicted octanol–water partition coefficient (Wildman–Crippen LogP) is 5.92. The largest absolute Gasteiger partial charge is 0.326 e. The van der Waals surface area contributed by atoms with E-state index >= 15 is 0 Å². The summed E-state index contributed by atoms with van der Waals surface area (Å²) in [5.74, 6) is -1.76. The molecule has 0 unspecified atom stereocenters. The molecule has 0 fully saturated rings. The van der Waals surface area contributed by atoms with E-state index in [1.165, 1.54) is 49.0 Å². The lowest BCUT2D eigenvalue weighted by Gasteiger charge is -2.12. The highest BCUT2D eigenvalue weighted by Gasteiger charge is 2.15. The zero-order valence-corrected chi connectivity index (χ0v) is 23.3. The maximum atomic E-state index is 13.4. The number of carbonyl (C=O) groups excluding carboxylic acids is 4.